The van der Waals surface area contributed by atoms with Crippen LogP contribution in [0.1, 0.15) is 168 Å². The molecule has 0 radical (unpaired) electrons. The van der Waals surface area contributed by atoms with Crippen LogP contribution in [-0.4, -0.2) is 98.3 Å². The molecule has 0 spiro atoms. The molecule has 0 amide bonds. The minimum atomic E-state index is -5.11. The summed E-state index contributed by atoms with van der Waals surface area (Å²) in [5, 5.41) is 50.0. The van der Waals surface area contributed by atoms with Gasteiger partial charge in [0.25, 0.3) is 0 Å². The van der Waals surface area contributed by atoms with Crippen molar-refractivity contribution in [3.63, 3.8) is 0 Å². The molecular weight excluding hydrogens is 731 g/mol. The maximum atomic E-state index is 12.8. The average molecular weight is 807 g/mol. The second-order valence-corrected chi connectivity index (χ2v) is 16.2. The lowest BCUT2D eigenvalue weighted by molar-refractivity contribution is -0.220. The van der Waals surface area contributed by atoms with Gasteiger partial charge in [-0.2, -0.15) is 0 Å². The van der Waals surface area contributed by atoms with E-state index in [0.717, 1.165) is 83.5 Å². The summed E-state index contributed by atoms with van der Waals surface area (Å²) in [5.74, 6) is -1.12. The van der Waals surface area contributed by atoms with E-state index in [1.165, 1.54) is 44.9 Å². The van der Waals surface area contributed by atoms with Crippen LogP contribution in [0.3, 0.4) is 0 Å². The number of ether oxygens (including phenoxy) is 2. The van der Waals surface area contributed by atoms with Gasteiger partial charge in [-0.25, -0.2) is 4.57 Å². The third kappa shape index (κ3) is 25.3. The molecule has 1 aliphatic carbocycles. The van der Waals surface area contributed by atoms with Crippen molar-refractivity contribution < 1.29 is 63.1 Å². The first kappa shape index (κ1) is 51.3. The number of aliphatic hydroxyl groups is 5. The zero-order valence-corrected chi connectivity index (χ0v) is 34.6. The molecule has 14 heteroatoms. The van der Waals surface area contributed by atoms with Crippen LogP contribution < -0.4 is 0 Å². The number of rotatable bonds is 34. The Kier molecular flexibility index (Phi) is 30.2. The maximum Gasteiger partial charge on any atom is 0.472 e. The molecule has 0 aromatic heterocycles. The van der Waals surface area contributed by atoms with Crippen LogP contribution in [0, 0.1) is 0 Å². The van der Waals surface area contributed by atoms with Crippen molar-refractivity contribution in [1.29, 1.82) is 0 Å². The molecule has 0 aromatic carbocycles. The van der Waals surface area contributed by atoms with Crippen LogP contribution in [0.25, 0.3) is 0 Å². The van der Waals surface area contributed by atoms with Gasteiger partial charge in [0, 0.05) is 12.8 Å². The van der Waals surface area contributed by atoms with E-state index >= 15 is 0 Å². The molecule has 1 fully saturated rings. The van der Waals surface area contributed by atoms with Crippen molar-refractivity contribution in [2.24, 2.45) is 0 Å². The lowest BCUT2D eigenvalue weighted by Crippen LogP contribution is -2.64. The highest BCUT2D eigenvalue weighted by Gasteiger charge is 2.51. The Bertz CT molecular complexity index is 1070. The lowest BCUT2D eigenvalue weighted by Gasteiger charge is -2.41. The molecule has 6 unspecified atom stereocenters. The van der Waals surface area contributed by atoms with Gasteiger partial charge in [-0.15, -0.1) is 0 Å². The average Bonchev–Trinajstić information content (AvgIpc) is 3.16. The molecule has 0 heterocycles. The Morgan fingerprint density at radius 1 is 0.545 bits per heavy atom. The number of carbonyl (C=O) groups excluding carboxylic acids is 2. The molecule has 6 N–H and O–H groups in total. The van der Waals surface area contributed by atoms with Gasteiger partial charge < -0.3 is 39.9 Å². The van der Waals surface area contributed by atoms with Crippen LogP contribution in [0.5, 0.6) is 0 Å². The van der Waals surface area contributed by atoms with E-state index in [4.69, 9.17) is 18.5 Å². The number of hydrogen-bond acceptors (Lipinski definition) is 12. The standard InChI is InChI=1S/C41H75O13P/c1-3-5-7-9-11-13-15-16-17-18-19-20-22-24-26-28-30-35(43)53-33(31-51-34(42)29-27-25-23-21-14-12-10-8-6-4-2)32-52-55(49,50)54-41-39(47)37(45)36(44)38(46)40(41)48/h8,10,17-18,33,36-41,44-48H,3-7,9,11-16,19-32H2,1-2H3,(H,49,50)/b10-8-,18-17-. The molecule has 55 heavy (non-hydrogen) atoms. The number of phosphoric acid groups is 1. The van der Waals surface area contributed by atoms with Crippen molar-refractivity contribution >= 4 is 19.8 Å². The summed E-state index contributed by atoms with van der Waals surface area (Å²) >= 11 is 0. The highest BCUT2D eigenvalue weighted by Crippen LogP contribution is 2.47. The van der Waals surface area contributed by atoms with Gasteiger partial charge in [0.05, 0.1) is 6.61 Å². The van der Waals surface area contributed by atoms with Gasteiger partial charge in [0.1, 0.15) is 43.2 Å². The number of aliphatic hydroxyl groups excluding tert-OH is 5. The maximum absolute atomic E-state index is 12.8. The van der Waals surface area contributed by atoms with Crippen LogP contribution in [0.15, 0.2) is 24.3 Å². The molecule has 1 rings (SSSR count). The summed E-state index contributed by atoms with van der Waals surface area (Å²) in [4.78, 5) is 35.5. The lowest BCUT2D eigenvalue weighted by atomic mass is 9.85. The Morgan fingerprint density at radius 3 is 1.45 bits per heavy atom. The van der Waals surface area contributed by atoms with Crippen molar-refractivity contribution in [1.82, 2.24) is 0 Å². The van der Waals surface area contributed by atoms with Crippen molar-refractivity contribution in [2.45, 2.75) is 211 Å². The smallest absolute Gasteiger partial charge is 0.462 e. The van der Waals surface area contributed by atoms with E-state index in [2.05, 4.69) is 38.2 Å². The highest BCUT2D eigenvalue weighted by molar-refractivity contribution is 7.47. The van der Waals surface area contributed by atoms with E-state index in [9.17, 15) is 44.6 Å². The van der Waals surface area contributed by atoms with Gasteiger partial charge in [0.15, 0.2) is 6.10 Å². The van der Waals surface area contributed by atoms with E-state index in [1.54, 1.807) is 0 Å². The number of unbranched alkanes of at least 4 members (excludes halogenated alkanes) is 18. The van der Waals surface area contributed by atoms with Gasteiger partial charge in [-0.1, -0.05) is 122 Å². The van der Waals surface area contributed by atoms with E-state index < -0.39 is 75.7 Å². The Balaban J connectivity index is 2.50. The minimum absolute atomic E-state index is 0.0863. The predicted octanol–water partition coefficient (Wildman–Crippen LogP) is 7.28. The fraction of sp³-hybridized carbons (Fsp3) is 0.854. The highest BCUT2D eigenvalue weighted by atomic mass is 31.2. The van der Waals surface area contributed by atoms with Crippen molar-refractivity contribution in [2.75, 3.05) is 13.2 Å². The first-order valence-corrected chi connectivity index (χ1v) is 22.6. The quantitative estimate of drug-likeness (QED) is 0.0164. The first-order chi connectivity index (χ1) is 26.4. The predicted molar refractivity (Wildman–Crippen MR) is 212 cm³/mol. The van der Waals surface area contributed by atoms with E-state index in [0.29, 0.717) is 12.8 Å². The Labute approximate surface area is 330 Å². The van der Waals surface area contributed by atoms with E-state index in [-0.39, 0.29) is 12.8 Å². The number of hydrogen-bond donors (Lipinski definition) is 6. The zero-order valence-electron chi connectivity index (χ0n) is 33.7. The first-order valence-electron chi connectivity index (χ1n) is 21.1. The summed E-state index contributed by atoms with van der Waals surface area (Å²) in [6, 6.07) is 0. The molecule has 6 atom stereocenters. The Hall–Kier alpha value is -1.67. The number of carbonyl (C=O) groups is 2. The Morgan fingerprint density at radius 2 is 0.964 bits per heavy atom. The van der Waals surface area contributed by atoms with Gasteiger partial charge in [-0.3, -0.25) is 18.6 Å². The summed E-state index contributed by atoms with van der Waals surface area (Å²) in [7, 11) is -5.11. The molecule has 0 aliphatic heterocycles. The molecule has 0 bridgehead atoms. The van der Waals surface area contributed by atoms with E-state index in [1.807, 2.05) is 0 Å². The zero-order chi connectivity index (χ0) is 40.7. The summed E-state index contributed by atoms with van der Waals surface area (Å²) in [6.45, 7) is 3.20. The van der Waals surface area contributed by atoms with Crippen molar-refractivity contribution in [3.8, 4) is 0 Å². The SMILES string of the molecule is CCC/C=C\CCCCCCCC(=O)OCC(COP(=O)(O)OC1C(O)C(O)C(O)C(O)C1O)OC(=O)CCCCCCC/C=C\CCCCCCCCC. The molecule has 322 valence electrons. The molecular formula is C41H75O13P. The molecule has 0 aromatic rings. The molecule has 13 nitrogen and oxygen atoms in total. The molecule has 1 saturated carbocycles. The fourth-order valence-corrected chi connectivity index (χ4v) is 7.26. The largest absolute Gasteiger partial charge is 0.472 e. The molecule has 1 aliphatic rings. The summed E-state index contributed by atoms with van der Waals surface area (Å²) < 4.78 is 33.4. The number of esters is 2. The number of phosphoric ester groups is 1. The van der Waals surface area contributed by atoms with Gasteiger partial charge >= 0.3 is 19.8 Å². The normalized spacial score (nSPS) is 23.3. The van der Waals surface area contributed by atoms with Gasteiger partial charge in [-0.05, 0) is 57.8 Å². The fourth-order valence-electron chi connectivity index (χ4n) is 6.28. The second kappa shape index (κ2) is 32.3. The summed E-state index contributed by atoms with van der Waals surface area (Å²) in [5.41, 5.74) is 0. The molecule has 0 saturated heterocycles. The van der Waals surface area contributed by atoms with Crippen LogP contribution in [0.4, 0.5) is 0 Å². The topological polar surface area (TPSA) is 210 Å². The van der Waals surface area contributed by atoms with Crippen LogP contribution in [-0.2, 0) is 32.7 Å². The monoisotopic (exact) mass is 806 g/mol. The van der Waals surface area contributed by atoms with Crippen LogP contribution >= 0.6 is 7.82 Å². The van der Waals surface area contributed by atoms with Gasteiger partial charge in [0.2, 0.25) is 0 Å². The third-order valence-electron chi connectivity index (χ3n) is 9.75. The van der Waals surface area contributed by atoms with Crippen molar-refractivity contribution in [3.05, 3.63) is 24.3 Å². The third-order valence-corrected chi connectivity index (χ3v) is 10.7. The second-order valence-electron chi connectivity index (χ2n) is 14.8. The minimum Gasteiger partial charge on any atom is -0.462 e. The summed E-state index contributed by atoms with van der Waals surface area (Å²) in [6.07, 6.45) is 19.7. The van der Waals surface area contributed by atoms with Crippen LogP contribution in [0.2, 0.25) is 0 Å². The number of allylic oxidation sites excluding steroid dienone is 4.